The molecule has 0 radical (unpaired) electrons. The minimum atomic E-state index is -3.61. The van der Waals surface area contributed by atoms with Gasteiger partial charge in [0, 0.05) is 18.8 Å². The average Bonchev–Trinajstić information content (AvgIpc) is 3.19. The number of aromatic nitrogens is 2. The maximum Gasteiger partial charge on any atom is 0.252 e. The molecule has 2 heterocycles. The molecule has 0 aliphatic rings. The molecule has 2 aromatic heterocycles. The number of nitrogens with zero attached hydrogens (tertiary/aromatic N) is 2. The van der Waals surface area contributed by atoms with E-state index in [4.69, 9.17) is 0 Å². The predicted octanol–water partition coefficient (Wildman–Crippen LogP) is 2.08. The van der Waals surface area contributed by atoms with E-state index in [1.807, 2.05) is 24.3 Å². The molecule has 9 heteroatoms. The van der Waals surface area contributed by atoms with E-state index in [-0.39, 0.29) is 16.7 Å². The summed E-state index contributed by atoms with van der Waals surface area (Å²) in [5.74, 6) is 0.433. The number of rotatable bonds is 6. The van der Waals surface area contributed by atoms with Crippen molar-refractivity contribution in [3.63, 3.8) is 0 Å². The summed E-state index contributed by atoms with van der Waals surface area (Å²) >= 11 is 1.15. The number of amides is 1. The summed E-state index contributed by atoms with van der Waals surface area (Å²) in [5.41, 5.74) is 1.68. The first-order valence-electron chi connectivity index (χ1n) is 7.59. The van der Waals surface area contributed by atoms with Gasteiger partial charge in [-0.15, -0.1) is 11.3 Å². The number of hydrogen-bond donors (Lipinski definition) is 2. The molecule has 0 fully saturated rings. The zero-order valence-corrected chi connectivity index (χ0v) is 15.4. The van der Waals surface area contributed by atoms with Crippen LogP contribution >= 0.6 is 11.3 Å². The third kappa shape index (κ3) is 3.89. The maximum absolute atomic E-state index is 12.7. The van der Waals surface area contributed by atoms with Gasteiger partial charge in [-0.3, -0.25) is 4.79 Å². The van der Waals surface area contributed by atoms with Crippen LogP contribution in [-0.2, 0) is 27.9 Å². The van der Waals surface area contributed by atoms with Crippen molar-refractivity contribution in [2.45, 2.75) is 24.2 Å². The Bertz CT molecular complexity index is 974. The molecule has 0 saturated carbocycles. The van der Waals surface area contributed by atoms with Gasteiger partial charge in [-0.05, 0) is 24.3 Å². The molecule has 0 spiro atoms. The highest BCUT2D eigenvalue weighted by molar-refractivity contribution is 7.91. The fraction of sp³-hybridized carbons (Fsp3) is 0.250. The molecule has 0 unspecified atom stereocenters. The fourth-order valence-corrected chi connectivity index (χ4v) is 4.97. The molecule has 0 aliphatic heterocycles. The van der Waals surface area contributed by atoms with E-state index in [1.165, 1.54) is 18.3 Å². The van der Waals surface area contributed by atoms with Crippen LogP contribution in [0, 0.1) is 0 Å². The van der Waals surface area contributed by atoms with Gasteiger partial charge < -0.3 is 10.3 Å². The van der Waals surface area contributed by atoms with Gasteiger partial charge in [0.05, 0.1) is 24.1 Å². The molecule has 25 heavy (non-hydrogen) atoms. The molecule has 132 valence electrons. The van der Waals surface area contributed by atoms with Crippen LogP contribution in [-0.4, -0.2) is 35.6 Å². The molecule has 1 aromatic carbocycles. The largest absolute Gasteiger partial charge is 0.351 e. The monoisotopic (exact) mass is 378 g/mol. The first kappa shape index (κ1) is 17.6. The summed E-state index contributed by atoms with van der Waals surface area (Å²) in [6.07, 6.45) is 0. The van der Waals surface area contributed by atoms with Crippen molar-refractivity contribution in [1.82, 2.24) is 19.6 Å². The van der Waals surface area contributed by atoms with Crippen LogP contribution in [0.1, 0.15) is 17.6 Å². The van der Waals surface area contributed by atoms with Gasteiger partial charge in [-0.1, -0.05) is 12.1 Å². The number of sulfonamides is 1. The lowest BCUT2D eigenvalue weighted by atomic mass is 10.3. The third-order valence-electron chi connectivity index (χ3n) is 3.62. The van der Waals surface area contributed by atoms with Gasteiger partial charge >= 0.3 is 0 Å². The lowest BCUT2D eigenvalue weighted by Gasteiger charge is -2.14. The number of carbonyl (C=O) groups is 1. The molecule has 2 N–H and O–H groups in total. The number of imidazole rings is 1. The van der Waals surface area contributed by atoms with Gasteiger partial charge in [0.2, 0.25) is 5.91 Å². The van der Waals surface area contributed by atoms with Crippen LogP contribution < -0.4 is 5.32 Å². The van der Waals surface area contributed by atoms with Crippen molar-refractivity contribution in [3.8, 4) is 0 Å². The van der Waals surface area contributed by atoms with E-state index < -0.39 is 10.0 Å². The zero-order valence-electron chi connectivity index (χ0n) is 13.8. The molecular formula is C16H18N4O3S2. The number of carbonyl (C=O) groups excluding carboxylic acids is 1. The van der Waals surface area contributed by atoms with Crippen molar-refractivity contribution in [1.29, 1.82) is 0 Å². The molecule has 3 aromatic rings. The molecule has 7 nitrogen and oxygen atoms in total. The first-order valence-corrected chi connectivity index (χ1v) is 9.85. The molecule has 0 atom stereocenters. The maximum atomic E-state index is 12.7. The minimum absolute atomic E-state index is 0.149. The second kappa shape index (κ2) is 6.95. The Labute approximate surface area is 149 Å². The molecule has 0 saturated heterocycles. The van der Waals surface area contributed by atoms with Crippen LogP contribution in [0.5, 0.6) is 0 Å². The van der Waals surface area contributed by atoms with Gasteiger partial charge in [0.25, 0.3) is 10.0 Å². The van der Waals surface area contributed by atoms with E-state index in [9.17, 15) is 13.2 Å². The average molecular weight is 378 g/mol. The van der Waals surface area contributed by atoms with Crippen molar-refractivity contribution in [2.24, 2.45) is 0 Å². The van der Waals surface area contributed by atoms with Crippen molar-refractivity contribution >= 4 is 38.3 Å². The summed E-state index contributed by atoms with van der Waals surface area (Å²) in [7, 11) is -2.09. The van der Waals surface area contributed by atoms with E-state index in [0.717, 1.165) is 27.2 Å². The van der Waals surface area contributed by atoms with Crippen LogP contribution in [0.3, 0.4) is 0 Å². The Morgan fingerprint density at radius 2 is 2.04 bits per heavy atom. The van der Waals surface area contributed by atoms with Gasteiger partial charge in [-0.25, -0.2) is 13.4 Å². The van der Waals surface area contributed by atoms with Gasteiger partial charge in [0.15, 0.2) is 0 Å². The SMILES string of the molecule is CC(=O)NCc1ccc(S(=O)(=O)N(C)Cc2nc3ccccc3[nH]2)s1. The number of fused-ring (bicyclic) bond motifs is 1. The topological polar surface area (TPSA) is 95.2 Å². The smallest absolute Gasteiger partial charge is 0.252 e. The Kier molecular flexibility index (Phi) is 4.89. The Balaban J connectivity index is 1.75. The summed E-state index contributed by atoms with van der Waals surface area (Å²) < 4.78 is 26.9. The van der Waals surface area contributed by atoms with Crippen molar-refractivity contribution < 1.29 is 13.2 Å². The molecule has 0 bridgehead atoms. The lowest BCUT2D eigenvalue weighted by molar-refractivity contribution is -0.119. The highest BCUT2D eigenvalue weighted by Gasteiger charge is 2.24. The molecule has 3 rings (SSSR count). The summed E-state index contributed by atoms with van der Waals surface area (Å²) in [6, 6.07) is 10.8. The Morgan fingerprint density at radius 1 is 1.28 bits per heavy atom. The normalized spacial score (nSPS) is 12.0. The van der Waals surface area contributed by atoms with Crippen LogP contribution in [0.15, 0.2) is 40.6 Å². The predicted molar refractivity (Wildman–Crippen MR) is 96.6 cm³/mol. The summed E-state index contributed by atoms with van der Waals surface area (Å²) in [6.45, 7) is 1.89. The van der Waals surface area contributed by atoms with E-state index in [1.54, 1.807) is 12.1 Å². The highest BCUT2D eigenvalue weighted by Crippen LogP contribution is 2.25. The van der Waals surface area contributed by atoms with Crippen LogP contribution in [0.25, 0.3) is 11.0 Å². The standard InChI is InChI=1S/C16H18N4O3S2/c1-11(21)17-9-12-7-8-16(24-12)25(22,23)20(2)10-15-18-13-5-3-4-6-14(13)19-15/h3-8H,9-10H2,1-2H3,(H,17,21)(H,18,19). The Morgan fingerprint density at radius 3 is 2.76 bits per heavy atom. The van der Waals surface area contributed by atoms with Crippen molar-refractivity contribution in [2.75, 3.05) is 7.05 Å². The van der Waals surface area contributed by atoms with Gasteiger partial charge in [0.1, 0.15) is 10.0 Å². The number of aromatic amines is 1. The number of benzene rings is 1. The second-order valence-electron chi connectivity index (χ2n) is 5.59. The molecular weight excluding hydrogens is 360 g/mol. The van der Waals surface area contributed by atoms with E-state index in [0.29, 0.717) is 12.4 Å². The fourth-order valence-electron chi connectivity index (χ4n) is 2.33. The Hall–Kier alpha value is -2.23. The van der Waals surface area contributed by atoms with Gasteiger partial charge in [-0.2, -0.15) is 4.31 Å². The number of H-pyrrole nitrogens is 1. The first-order chi connectivity index (χ1) is 11.9. The molecule has 1 amide bonds. The second-order valence-corrected chi connectivity index (χ2v) is 9.03. The number of nitrogens with one attached hydrogen (secondary N) is 2. The number of hydrogen-bond acceptors (Lipinski definition) is 5. The number of para-hydroxylation sites is 2. The minimum Gasteiger partial charge on any atom is -0.351 e. The summed E-state index contributed by atoms with van der Waals surface area (Å²) in [4.78, 5) is 19.3. The number of thiophene rings is 1. The van der Waals surface area contributed by atoms with Crippen LogP contribution in [0.4, 0.5) is 0 Å². The van der Waals surface area contributed by atoms with Crippen molar-refractivity contribution in [3.05, 3.63) is 47.1 Å². The third-order valence-corrected chi connectivity index (χ3v) is 6.98. The highest BCUT2D eigenvalue weighted by atomic mass is 32.2. The van der Waals surface area contributed by atoms with E-state index >= 15 is 0 Å². The van der Waals surface area contributed by atoms with E-state index in [2.05, 4.69) is 15.3 Å². The quantitative estimate of drug-likeness (QED) is 0.686. The van der Waals surface area contributed by atoms with Crippen LogP contribution in [0.2, 0.25) is 0 Å². The summed E-state index contributed by atoms with van der Waals surface area (Å²) in [5, 5.41) is 2.66. The molecule has 0 aliphatic carbocycles. The zero-order chi connectivity index (χ0) is 18.0. The lowest BCUT2D eigenvalue weighted by Crippen LogP contribution is -2.26.